The first kappa shape index (κ1) is 18.8. The van der Waals surface area contributed by atoms with Crippen molar-refractivity contribution in [1.29, 1.82) is 0 Å². The molecule has 136 valence electrons. The number of aromatic carboxylic acids is 1. The van der Waals surface area contributed by atoms with E-state index in [-0.39, 0.29) is 17.2 Å². The summed E-state index contributed by atoms with van der Waals surface area (Å²) in [5.41, 5.74) is -0.693. The van der Waals surface area contributed by atoms with Gasteiger partial charge in [-0.2, -0.15) is 0 Å². The number of hydrogen-bond donors (Lipinski definition) is 1. The molecule has 0 aromatic heterocycles. The van der Waals surface area contributed by atoms with Crippen LogP contribution in [0.4, 0.5) is 5.69 Å². The smallest absolute Gasteiger partial charge is 0.335 e. The summed E-state index contributed by atoms with van der Waals surface area (Å²) in [5, 5.41) is 20.0. The van der Waals surface area contributed by atoms with E-state index in [0.717, 1.165) is 12.1 Å². The van der Waals surface area contributed by atoms with Gasteiger partial charge in [-0.25, -0.2) is 4.79 Å². The number of piperidine rings is 1. The molecule has 1 amide bonds. The van der Waals surface area contributed by atoms with Crippen molar-refractivity contribution in [2.24, 2.45) is 0 Å². The third-order valence-electron chi connectivity index (χ3n) is 3.99. The third kappa shape index (κ3) is 4.97. The van der Waals surface area contributed by atoms with Crippen molar-refractivity contribution in [3.63, 3.8) is 0 Å². The standard InChI is InChI=1S/C16H20N2O7/c1-24-6-7-25-14-2-4-17(5-3-14)15(19)11-8-12(16(20)21)10-13(9-11)18(22)23/h8-10,14H,2-7H2,1H3,(H,20,21). The van der Waals surface area contributed by atoms with Gasteiger partial charge < -0.3 is 19.5 Å². The van der Waals surface area contributed by atoms with E-state index < -0.39 is 22.5 Å². The molecule has 1 saturated heterocycles. The van der Waals surface area contributed by atoms with Crippen LogP contribution in [0.2, 0.25) is 0 Å². The lowest BCUT2D eigenvalue weighted by Gasteiger charge is -2.32. The fourth-order valence-electron chi connectivity index (χ4n) is 2.67. The number of benzene rings is 1. The fourth-order valence-corrected chi connectivity index (χ4v) is 2.67. The van der Waals surface area contributed by atoms with Gasteiger partial charge in [-0.05, 0) is 18.9 Å². The Kier molecular flexibility index (Phi) is 6.43. The second-order valence-electron chi connectivity index (χ2n) is 5.69. The Morgan fingerprint density at radius 3 is 2.44 bits per heavy atom. The number of carboxylic acids is 1. The van der Waals surface area contributed by atoms with Crippen molar-refractivity contribution in [2.45, 2.75) is 18.9 Å². The van der Waals surface area contributed by atoms with E-state index >= 15 is 0 Å². The molecule has 0 bridgehead atoms. The second-order valence-corrected chi connectivity index (χ2v) is 5.69. The van der Waals surface area contributed by atoms with Gasteiger partial charge >= 0.3 is 5.97 Å². The molecule has 25 heavy (non-hydrogen) atoms. The number of methoxy groups -OCH3 is 1. The first-order valence-corrected chi connectivity index (χ1v) is 7.85. The molecule has 2 rings (SSSR count). The highest BCUT2D eigenvalue weighted by molar-refractivity contribution is 5.98. The largest absolute Gasteiger partial charge is 0.478 e. The van der Waals surface area contributed by atoms with Crippen LogP contribution in [0.3, 0.4) is 0 Å². The minimum Gasteiger partial charge on any atom is -0.478 e. The molecule has 1 N–H and O–H groups in total. The summed E-state index contributed by atoms with van der Waals surface area (Å²) < 4.78 is 10.5. The molecule has 0 radical (unpaired) electrons. The van der Waals surface area contributed by atoms with Gasteiger partial charge in [0.15, 0.2) is 0 Å². The van der Waals surface area contributed by atoms with Gasteiger partial charge in [-0.15, -0.1) is 0 Å². The Morgan fingerprint density at radius 2 is 1.88 bits per heavy atom. The molecule has 0 saturated carbocycles. The second kappa shape index (κ2) is 8.54. The maximum atomic E-state index is 12.6. The summed E-state index contributed by atoms with van der Waals surface area (Å²) in [5.74, 6) is -1.73. The van der Waals surface area contributed by atoms with Crippen LogP contribution >= 0.6 is 0 Å². The van der Waals surface area contributed by atoms with E-state index in [1.54, 1.807) is 12.0 Å². The average molecular weight is 352 g/mol. The predicted octanol–water partition coefficient (Wildman–Crippen LogP) is 1.56. The number of rotatable bonds is 7. The molecule has 1 aliphatic rings. The van der Waals surface area contributed by atoms with Gasteiger partial charge in [0, 0.05) is 37.9 Å². The number of carbonyl (C=O) groups is 2. The van der Waals surface area contributed by atoms with Crippen molar-refractivity contribution in [1.82, 2.24) is 4.90 Å². The van der Waals surface area contributed by atoms with Crippen molar-refractivity contribution < 1.29 is 29.1 Å². The lowest BCUT2D eigenvalue weighted by molar-refractivity contribution is -0.384. The van der Waals surface area contributed by atoms with E-state index in [2.05, 4.69) is 0 Å². The molecule has 0 aliphatic carbocycles. The van der Waals surface area contributed by atoms with E-state index in [1.165, 1.54) is 6.07 Å². The molecule has 1 fully saturated rings. The molecule has 0 unspecified atom stereocenters. The van der Waals surface area contributed by atoms with Crippen LogP contribution in [-0.4, -0.2) is 66.3 Å². The number of carboxylic acid groups (broad SMARTS) is 1. The Balaban J connectivity index is 2.06. The summed E-state index contributed by atoms with van der Waals surface area (Å²) in [7, 11) is 1.59. The molecular formula is C16H20N2O7. The molecule has 1 aromatic carbocycles. The van der Waals surface area contributed by atoms with Crippen LogP contribution in [0.5, 0.6) is 0 Å². The van der Waals surface area contributed by atoms with E-state index in [9.17, 15) is 19.7 Å². The number of hydrogen-bond acceptors (Lipinski definition) is 6. The quantitative estimate of drug-likeness (QED) is 0.449. The first-order valence-electron chi connectivity index (χ1n) is 7.85. The number of nitro benzene ring substituents is 1. The van der Waals surface area contributed by atoms with Gasteiger partial charge in [0.25, 0.3) is 11.6 Å². The van der Waals surface area contributed by atoms with Crippen molar-refractivity contribution >= 4 is 17.6 Å². The molecule has 9 heteroatoms. The van der Waals surface area contributed by atoms with Gasteiger partial charge in [0.1, 0.15) is 0 Å². The Labute approximate surface area is 144 Å². The number of amides is 1. The molecule has 1 aromatic rings. The van der Waals surface area contributed by atoms with Crippen LogP contribution < -0.4 is 0 Å². The van der Waals surface area contributed by atoms with E-state index in [1.807, 2.05) is 0 Å². The molecule has 9 nitrogen and oxygen atoms in total. The van der Waals surface area contributed by atoms with Crippen LogP contribution in [0.25, 0.3) is 0 Å². The summed E-state index contributed by atoms with van der Waals surface area (Å²) in [4.78, 5) is 35.5. The van der Waals surface area contributed by atoms with Crippen LogP contribution in [-0.2, 0) is 9.47 Å². The fraction of sp³-hybridized carbons (Fsp3) is 0.500. The maximum Gasteiger partial charge on any atom is 0.335 e. The zero-order valence-corrected chi connectivity index (χ0v) is 13.8. The highest BCUT2D eigenvalue weighted by atomic mass is 16.6. The highest BCUT2D eigenvalue weighted by Crippen LogP contribution is 2.21. The number of ether oxygens (including phenoxy) is 2. The van der Waals surface area contributed by atoms with E-state index in [0.29, 0.717) is 39.1 Å². The molecule has 0 atom stereocenters. The molecular weight excluding hydrogens is 332 g/mol. The minimum absolute atomic E-state index is 0.00495. The lowest BCUT2D eigenvalue weighted by Crippen LogP contribution is -2.41. The molecule has 1 aliphatic heterocycles. The molecule has 1 heterocycles. The monoisotopic (exact) mass is 352 g/mol. The van der Waals surface area contributed by atoms with Gasteiger partial charge in [-0.3, -0.25) is 14.9 Å². The Hall–Kier alpha value is -2.52. The predicted molar refractivity (Wildman–Crippen MR) is 86.8 cm³/mol. The normalized spacial score (nSPS) is 15.2. The zero-order chi connectivity index (χ0) is 18.4. The Bertz CT molecular complexity index is 622. The summed E-state index contributed by atoms with van der Waals surface area (Å²) in [6, 6.07) is 3.21. The highest BCUT2D eigenvalue weighted by Gasteiger charge is 2.26. The minimum atomic E-state index is -1.32. The van der Waals surface area contributed by atoms with Gasteiger partial charge in [-0.1, -0.05) is 0 Å². The topological polar surface area (TPSA) is 119 Å². The number of likely N-dealkylation sites (tertiary alicyclic amines) is 1. The number of carbonyl (C=O) groups excluding carboxylic acids is 1. The van der Waals surface area contributed by atoms with Crippen LogP contribution in [0, 0.1) is 10.1 Å². The Morgan fingerprint density at radius 1 is 1.24 bits per heavy atom. The van der Waals surface area contributed by atoms with E-state index in [4.69, 9.17) is 14.6 Å². The van der Waals surface area contributed by atoms with Crippen LogP contribution in [0.1, 0.15) is 33.6 Å². The lowest BCUT2D eigenvalue weighted by atomic mass is 10.0. The number of nitrogens with zero attached hydrogens (tertiary/aromatic N) is 2. The van der Waals surface area contributed by atoms with Crippen molar-refractivity contribution in [2.75, 3.05) is 33.4 Å². The molecule has 0 spiro atoms. The van der Waals surface area contributed by atoms with Gasteiger partial charge in [0.2, 0.25) is 0 Å². The first-order chi connectivity index (χ1) is 11.9. The summed E-state index contributed by atoms with van der Waals surface area (Å²) >= 11 is 0. The zero-order valence-electron chi connectivity index (χ0n) is 13.8. The van der Waals surface area contributed by atoms with Crippen molar-refractivity contribution in [3.05, 3.63) is 39.4 Å². The number of nitro groups is 1. The van der Waals surface area contributed by atoms with Crippen LogP contribution in [0.15, 0.2) is 18.2 Å². The SMILES string of the molecule is COCCOC1CCN(C(=O)c2cc(C(=O)O)cc([N+](=O)[O-])c2)CC1. The third-order valence-corrected chi connectivity index (χ3v) is 3.99. The summed E-state index contributed by atoms with van der Waals surface area (Å²) in [6.45, 7) is 1.88. The number of non-ortho nitro benzene ring substituents is 1. The van der Waals surface area contributed by atoms with Crippen molar-refractivity contribution in [3.8, 4) is 0 Å². The average Bonchev–Trinajstić information content (AvgIpc) is 2.61. The van der Waals surface area contributed by atoms with Gasteiger partial charge in [0.05, 0.1) is 29.8 Å². The maximum absolute atomic E-state index is 12.6. The summed E-state index contributed by atoms with van der Waals surface area (Å²) in [6.07, 6.45) is 1.34.